The van der Waals surface area contributed by atoms with Crippen molar-refractivity contribution in [1.29, 1.82) is 0 Å². The number of imidazole rings is 1. The number of para-hydroxylation sites is 1. The van der Waals surface area contributed by atoms with E-state index in [4.69, 9.17) is 15.5 Å². The quantitative estimate of drug-likeness (QED) is 0.191. The number of amides is 2. The van der Waals surface area contributed by atoms with Crippen LogP contribution in [0.15, 0.2) is 91.1 Å². The monoisotopic (exact) mass is 598 g/mol. The van der Waals surface area contributed by atoms with Gasteiger partial charge >= 0.3 is 6.09 Å². The number of carbonyl (C=O) groups is 2. The SMILES string of the molecule is CC(C)(C)OC(=O)NC1(c2ccc(-c3c(-c4ccc(C(N)=O)cc4)nc4n3-c3cccnc3Nc3ccccc3-4)cc2)CCC1. The second-order valence-corrected chi connectivity index (χ2v) is 12.6. The molecule has 0 unspecified atom stereocenters. The second-order valence-electron chi connectivity index (χ2n) is 12.6. The molecular weight excluding hydrogens is 564 g/mol. The van der Waals surface area contributed by atoms with E-state index in [2.05, 4.69) is 44.5 Å². The highest BCUT2D eigenvalue weighted by Gasteiger charge is 2.41. The van der Waals surface area contributed by atoms with Crippen LogP contribution in [0.2, 0.25) is 0 Å². The Kier molecular flexibility index (Phi) is 6.69. The van der Waals surface area contributed by atoms with Gasteiger partial charge in [-0.3, -0.25) is 9.36 Å². The number of nitrogens with two attached hydrogens (primary N) is 1. The summed E-state index contributed by atoms with van der Waals surface area (Å²) in [5, 5.41) is 6.65. The smallest absolute Gasteiger partial charge is 0.408 e. The summed E-state index contributed by atoms with van der Waals surface area (Å²) in [6.07, 6.45) is 4.06. The average molecular weight is 599 g/mol. The minimum absolute atomic E-state index is 0.413. The largest absolute Gasteiger partial charge is 0.444 e. The summed E-state index contributed by atoms with van der Waals surface area (Å²) in [7, 11) is 0. The molecule has 2 aromatic heterocycles. The molecule has 1 saturated carbocycles. The summed E-state index contributed by atoms with van der Waals surface area (Å²) >= 11 is 0. The first-order valence-electron chi connectivity index (χ1n) is 15.1. The van der Waals surface area contributed by atoms with E-state index < -0.39 is 23.1 Å². The standard InChI is InChI=1S/C36H34N6O3/c1-35(2,3)45-34(44)41-36(19-7-20-36)25-17-15-23(16-18-25)30-29(22-11-13-24(14-12-22)31(37)43)40-33-26-8-4-5-9-27(26)39-32-28(42(30)33)10-6-21-38-32/h4-6,8-18,21H,7,19-20H2,1-3H3,(H2,37,43)(H,38,39)(H,41,44). The van der Waals surface area contributed by atoms with Crippen molar-refractivity contribution >= 4 is 23.5 Å². The lowest BCUT2D eigenvalue weighted by Gasteiger charge is -2.43. The predicted octanol–water partition coefficient (Wildman–Crippen LogP) is 7.33. The number of benzene rings is 3. The van der Waals surface area contributed by atoms with E-state index in [1.165, 1.54) is 0 Å². The van der Waals surface area contributed by atoms with E-state index in [1.807, 2.05) is 69.3 Å². The molecule has 0 atom stereocenters. The zero-order chi connectivity index (χ0) is 31.3. The molecule has 4 N–H and O–H groups in total. The third-order valence-electron chi connectivity index (χ3n) is 8.43. The zero-order valence-corrected chi connectivity index (χ0v) is 25.4. The van der Waals surface area contributed by atoms with E-state index in [-0.39, 0.29) is 0 Å². The Balaban J connectivity index is 1.39. The van der Waals surface area contributed by atoms with Crippen LogP contribution in [-0.2, 0) is 10.3 Å². The third-order valence-corrected chi connectivity index (χ3v) is 8.43. The summed E-state index contributed by atoms with van der Waals surface area (Å²) in [6.45, 7) is 5.59. The van der Waals surface area contributed by atoms with Crippen LogP contribution >= 0.6 is 0 Å². The van der Waals surface area contributed by atoms with Gasteiger partial charge in [-0.05, 0) is 82.0 Å². The van der Waals surface area contributed by atoms with Gasteiger partial charge in [0, 0.05) is 28.5 Å². The van der Waals surface area contributed by atoms with Crippen LogP contribution in [0.3, 0.4) is 0 Å². The maximum atomic E-state index is 12.8. The first kappa shape index (κ1) is 28.3. The maximum absolute atomic E-state index is 12.8. The topological polar surface area (TPSA) is 124 Å². The van der Waals surface area contributed by atoms with Crippen LogP contribution < -0.4 is 16.4 Å². The number of pyridine rings is 1. The average Bonchev–Trinajstić information content (AvgIpc) is 3.33. The van der Waals surface area contributed by atoms with Crippen molar-refractivity contribution in [3.8, 4) is 39.6 Å². The van der Waals surface area contributed by atoms with Crippen molar-refractivity contribution in [3.05, 3.63) is 102 Å². The molecule has 5 aromatic rings. The molecule has 226 valence electrons. The number of carbonyl (C=O) groups excluding carboxylic acids is 2. The molecule has 2 amide bonds. The van der Waals surface area contributed by atoms with Gasteiger partial charge in [-0.2, -0.15) is 0 Å². The van der Waals surface area contributed by atoms with Gasteiger partial charge in [-0.15, -0.1) is 0 Å². The Bertz CT molecular complexity index is 1930. The van der Waals surface area contributed by atoms with Gasteiger partial charge < -0.3 is 21.1 Å². The molecule has 0 bridgehead atoms. The predicted molar refractivity (Wildman–Crippen MR) is 174 cm³/mol. The van der Waals surface area contributed by atoms with Crippen molar-refractivity contribution in [3.63, 3.8) is 0 Å². The molecule has 2 aliphatic rings. The Hall–Kier alpha value is -5.44. The highest BCUT2D eigenvalue weighted by Crippen LogP contribution is 2.46. The van der Waals surface area contributed by atoms with Gasteiger partial charge in [0.1, 0.15) is 11.4 Å². The lowest BCUT2D eigenvalue weighted by Crippen LogP contribution is -2.52. The maximum Gasteiger partial charge on any atom is 0.408 e. The number of rotatable bonds is 5. The van der Waals surface area contributed by atoms with Crippen LogP contribution in [0.5, 0.6) is 0 Å². The molecule has 0 saturated heterocycles. The number of primary amides is 1. The first-order chi connectivity index (χ1) is 21.6. The zero-order valence-electron chi connectivity index (χ0n) is 25.4. The number of nitrogens with one attached hydrogen (secondary N) is 2. The molecule has 3 aromatic carbocycles. The van der Waals surface area contributed by atoms with E-state index in [9.17, 15) is 9.59 Å². The molecule has 9 heteroatoms. The molecule has 45 heavy (non-hydrogen) atoms. The van der Waals surface area contributed by atoms with Crippen LogP contribution in [0.1, 0.15) is 56.0 Å². The van der Waals surface area contributed by atoms with E-state index in [0.717, 1.165) is 70.1 Å². The number of ether oxygens (including phenoxy) is 1. The number of alkyl carbamates (subject to hydrolysis) is 1. The van der Waals surface area contributed by atoms with Crippen molar-refractivity contribution in [2.24, 2.45) is 5.73 Å². The molecule has 1 aliphatic carbocycles. The number of fused-ring (bicyclic) bond motifs is 5. The highest BCUT2D eigenvalue weighted by molar-refractivity contribution is 5.94. The van der Waals surface area contributed by atoms with Gasteiger partial charge in [0.25, 0.3) is 0 Å². The molecule has 0 radical (unpaired) electrons. The molecule has 1 aliphatic heterocycles. The molecule has 0 spiro atoms. The summed E-state index contributed by atoms with van der Waals surface area (Å²) in [4.78, 5) is 34.6. The van der Waals surface area contributed by atoms with Gasteiger partial charge in [0.15, 0.2) is 5.82 Å². The fourth-order valence-electron chi connectivity index (χ4n) is 6.15. The molecule has 3 heterocycles. The van der Waals surface area contributed by atoms with Crippen molar-refractivity contribution in [2.45, 2.75) is 51.2 Å². The summed E-state index contributed by atoms with van der Waals surface area (Å²) in [5.74, 6) is 0.993. The normalized spacial score (nSPS) is 14.5. The number of anilines is 2. The van der Waals surface area contributed by atoms with Crippen LogP contribution in [0.4, 0.5) is 16.3 Å². The molecule has 1 fully saturated rings. The number of hydrogen-bond donors (Lipinski definition) is 3. The Morgan fingerprint density at radius 2 is 1.64 bits per heavy atom. The highest BCUT2D eigenvalue weighted by atomic mass is 16.6. The number of hydrogen-bond acceptors (Lipinski definition) is 6. The van der Waals surface area contributed by atoms with Crippen molar-refractivity contribution in [1.82, 2.24) is 19.9 Å². The van der Waals surface area contributed by atoms with E-state index >= 15 is 0 Å². The van der Waals surface area contributed by atoms with Crippen LogP contribution in [0.25, 0.3) is 39.6 Å². The van der Waals surface area contributed by atoms with Crippen LogP contribution in [-0.4, -0.2) is 32.1 Å². The second kappa shape index (κ2) is 10.6. The lowest BCUT2D eigenvalue weighted by molar-refractivity contribution is 0.0377. The van der Waals surface area contributed by atoms with E-state index in [1.54, 1.807) is 18.3 Å². The number of aromatic nitrogens is 3. The Morgan fingerprint density at radius 1 is 0.933 bits per heavy atom. The van der Waals surface area contributed by atoms with Crippen LogP contribution in [0, 0.1) is 0 Å². The van der Waals surface area contributed by atoms with Gasteiger partial charge in [0.2, 0.25) is 5.91 Å². The molecule has 7 rings (SSSR count). The van der Waals surface area contributed by atoms with E-state index in [0.29, 0.717) is 11.4 Å². The van der Waals surface area contributed by atoms with Gasteiger partial charge in [-0.1, -0.05) is 48.5 Å². The minimum Gasteiger partial charge on any atom is -0.444 e. The third kappa shape index (κ3) is 5.10. The first-order valence-corrected chi connectivity index (χ1v) is 15.1. The number of nitrogens with zero attached hydrogens (tertiary/aromatic N) is 3. The van der Waals surface area contributed by atoms with Gasteiger partial charge in [0.05, 0.1) is 28.3 Å². The van der Waals surface area contributed by atoms with Crippen molar-refractivity contribution in [2.75, 3.05) is 5.32 Å². The minimum atomic E-state index is -0.580. The Morgan fingerprint density at radius 3 is 2.31 bits per heavy atom. The fourth-order valence-corrected chi connectivity index (χ4v) is 6.15. The summed E-state index contributed by atoms with van der Waals surface area (Å²) < 4.78 is 7.74. The molecular formula is C36H34N6O3. The van der Waals surface area contributed by atoms with Crippen molar-refractivity contribution < 1.29 is 14.3 Å². The lowest BCUT2D eigenvalue weighted by atomic mass is 9.71. The summed E-state index contributed by atoms with van der Waals surface area (Å²) in [5.41, 5.74) is 12.1. The Labute approximate surface area is 261 Å². The summed E-state index contributed by atoms with van der Waals surface area (Å²) in [6, 6.07) is 27.5. The van der Waals surface area contributed by atoms with Gasteiger partial charge in [-0.25, -0.2) is 14.8 Å². The fraction of sp³-hybridized carbons (Fsp3) is 0.222. The molecule has 9 nitrogen and oxygen atoms in total.